The van der Waals surface area contributed by atoms with E-state index in [1.165, 1.54) is 25.7 Å². The van der Waals surface area contributed by atoms with Crippen molar-refractivity contribution in [3.05, 3.63) is 53.7 Å². The predicted molar refractivity (Wildman–Crippen MR) is 115 cm³/mol. The molecular weight excluding hydrogens is 387 g/mol. The molecule has 1 aromatic carbocycles. The number of thiazole rings is 1. The van der Waals surface area contributed by atoms with E-state index >= 15 is 0 Å². The molecule has 0 aliphatic carbocycles. The fourth-order valence-corrected chi connectivity index (χ4v) is 3.93. The number of benzene rings is 1. The van der Waals surface area contributed by atoms with Gasteiger partial charge in [-0.15, -0.1) is 0 Å². The number of hydrogen-bond donors (Lipinski definition) is 1. The smallest absolute Gasteiger partial charge is 0.206 e. The zero-order valence-electron chi connectivity index (χ0n) is 16.3. The molecule has 0 saturated heterocycles. The van der Waals surface area contributed by atoms with Crippen molar-refractivity contribution in [1.82, 2.24) is 15.0 Å². The first-order valence-electron chi connectivity index (χ1n) is 9.96. The van der Waals surface area contributed by atoms with E-state index in [4.69, 9.17) is 4.42 Å². The van der Waals surface area contributed by atoms with Gasteiger partial charge in [0.2, 0.25) is 5.13 Å². The number of anilines is 2. The van der Waals surface area contributed by atoms with Gasteiger partial charge in [-0.3, -0.25) is 4.98 Å². The standard InChI is InChI=1S/C22H23FN4OS/c1-2-3-4-5-6-9-19-26-17-13-16(10-11-18(17)28-19)25-22-27-20(21(23)29-22)15-8-7-12-24-14-15/h7-8,10-14H,2-6,9H2,1H3,(H,25,27). The molecule has 1 N–H and O–H groups in total. The summed E-state index contributed by atoms with van der Waals surface area (Å²) < 4.78 is 20.2. The Bertz CT molecular complexity index is 1080. The van der Waals surface area contributed by atoms with Gasteiger partial charge in [0.1, 0.15) is 11.2 Å². The second-order valence-corrected chi connectivity index (χ2v) is 7.91. The summed E-state index contributed by atoms with van der Waals surface area (Å²) in [6.45, 7) is 2.21. The van der Waals surface area contributed by atoms with Crippen LogP contribution < -0.4 is 5.32 Å². The average Bonchev–Trinajstić information content (AvgIpc) is 3.31. The molecule has 3 heterocycles. The number of oxazole rings is 1. The summed E-state index contributed by atoms with van der Waals surface area (Å²) in [4.78, 5) is 13.0. The van der Waals surface area contributed by atoms with Gasteiger partial charge in [-0.2, -0.15) is 4.39 Å². The maximum atomic E-state index is 14.3. The third-order valence-electron chi connectivity index (χ3n) is 4.70. The number of aromatic nitrogens is 3. The minimum Gasteiger partial charge on any atom is -0.441 e. The van der Waals surface area contributed by atoms with Crippen LogP contribution in [0.1, 0.15) is 44.9 Å². The predicted octanol–water partition coefficient (Wildman–Crippen LogP) is 6.74. The zero-order chi connectivity index (χ0) is 20.1. The summed E-state index contributed by atoms with van der Waals surface area (Å²) in [7, 11) is 0. The Balaban J connectivity index is 1.45. The second kappa shape index (κ2) is 9.13. The number of pyridine rings is 1. The minimum absolute atomic E-state index is 0.304. The summed E-state index contributed by atoms with van der Waals surface area (Å²) in [5.41, 5.74) is 3.32. The van der Waals surface area contributed by atoms with Crippen LogP contribution in [0.25, 0.3) is 22.4 Å². The van der Waals surface area contributed by atoms with Crippen LogP contribution >= 0.6 is 11.3 Å². The first kappa shape index (κ1) is 19.5. The van der Waals surface area contributed by atoms with E-state index in [1.807, 2.05) is 18.2 Å². The molecular formula is C22H23FN4OS. The van der Waals surface area contributed by atoms with Gasteiger partial charge in [0.25, 0.3) is 0 Å². The highest BCUT2D eigenvalue weighted by Crippen LogP contribution is 2.31. The molecule has 0 fully saturated rings. The summed E-state index contributed by atoms with van der Waals surface area (Å²) in [5, 5.41) is 3.31. The van der Waals surface area contributed by atoms with Gasteiger partial charge in [0, 0.05) is 30.1 Å². The lowest BCUT2D eigenvalue weighted by Crippen LogP contribution is -1.90. The zero-order valence-corrected chi connectivity index (χ0v) is 17.1. The maximum Gasteiger partial charge on any atom is 0.206 e. The van der Waals surface area contributed by atoms with Crippen LogP contribution in [0.15, 0.2) is 47.1 Å². The lowest BCUT2D eigenvalue weighted by molar-refractivity contribution is 0.507. The molecule has 0 bridgehead atoms. The largest absolute Gasteiger partial charge is 0.441 e. The average molecular weight is 411 g/mol. The van der Waals surface area contributed by atoms with Crippen LogP contribution in [-0.2, 0) is 6.42 Å². The molecule has 0 saturated carbocycles. The quantitative estimate of drug-likeness (QED) is 0.310. The van der Waals surface area contributed by atoms with Gasteiger partial charge < -0.3 is 9.73 Å². The van der Waals surface area contributed by atoms with Crippen LogP contribution in [0, 0.1) is 5.13 Å². The SMILES string of the molecule is CCCCCCCc1nc2cc(Nc3nc(-c4cccnc4)c(F)s3)ccc2o1. The van der Waals surface area contributed by atoms with Crippen molar-refractivity contribution in [3.63, 3.8) is 0 Å². The highest BCUT2D eigenvalue weighted by Gasteiger charge is 2.14. The Labute approximate surface area is 173 Å². The molecule has 4 aromatic rings. The number of fused-ring (bicyclic) bond motifs is 1. The lowest BCUT2D eigenvalue weighted by atomic mass is 10.1. The fraction of sp³-hybridized carbons (Fsp3) is 0.318. The molecule has 4 rings (SSSR count). The van der Waals surface area contributed by atoms with Crippen LogP contribution in [0.2, 0.25) is 0 Å². The normalized spacial score (nSPS) is 11.2. The molecule has 3 aromatic heterocycles. The van der Waals surface area contributed by atoms with Gasteiger partial charge in [0.05, 0.1) is 0 Å². The van der Waals surface area contributed by atoms with Crippen molar-refractivity contribution in [1.29, 1.82) is 0 Å². The number of nitrogens with one attached hydrogen (secondary N) is 1. The topological polar surface area (TPSA) is 63.8 Å². The van der Waals surface area contributed by atoms with Crippen molar-refractivity contribution in [3.8, 4) is 11.3 Å². The van der Waals surface area contributed by atoms with E-state index in [0.29, 0.717) is 16.4 Å². The number of unbranched alkanes of at least 4 members (excludes halogenated alkanes) is 4. The Kier molecular flexibility index (Phi) is 6.14. The molecule has 0 amide bonds. The Morgan fingerprint density at radius 2 is 2.00 bits per heavy atom. The van der Waals surface area contributed by atoms with Gasteiger partial charge in [-0.05, 0) is 36.8 Å². The van der Waals surface area contributed by atoms with Crippen molar-refractivity contribution >= 4 is 33.3 Å². The monoisotopic (exact) mass is 410 g/mol. The Hall–Kier alpha value is -2.80. The summed E-state index contributed by atoms with van der Waals surface area (Å²) in [6.07, 6.45) is 10.2. The van der Waals surface area contributed by atoms with E-state index in [-0.39, 0.29) is 5.13 Å². The summed E-state index contributed by atoms with van der Waals surface area (Å²) in [6, 6.07) is 9.24. The molecule has 0 unspecified atom stereocenters. The molecule has 0 radical (unpaired) electrons. The molecule has 29 heavy (non-hydrogen) atoms. The third-order valence-corrected chi connectivity index (χ3v) is 5.46. The van der Waals surface area contributed by atoms with E-state index < -0.39 is 0 Å². The van der Waals surface area contributed by atoms with Crippen molar-refractivity contribution < 1.29 is 8.81 Å². The molecule has 0 spiro atoms. The van der Waals surface area contributed by atoms with Crippen LogP contribution in [0.3, 0.4) is 0 Å². The van der Waals surface area contributed by atoms with Crippen LogP contribution in [0.4, 0.5) is 15.2 Å². The van der Waals surface area contributed by atoms with Crippen molar-refractivity contribution in [2.24, 2.45) is 0 Å². The number of aryl methyl sites for hydroxylation is 1. The summed E-state index contributed by atoms with van der Waals surface area (Å²) in [5.74, 6) is 0.771. The van der Waals surface area contributed by atoms with E-state index in [1.54, 1.807) is 24.5 Å². The van der Waals surface area contributed by atoms with Crippen LogP contribution in [0.5, 0.6) is 0 Å². The molecule has 5 nitrogen and oxygen atoms in total. The van der Waals surface area contributed by atoms with Crippen molar-refractivity contribution in [2.45, 2.75) is 45.4 Å². The van der Waals surface area contributed by atoms with Crippen LogP contribution in [-0.4, -0.2) is 15.0 Å². The van der Waals surface area contributed by atoms with E-state index in [2.05, 4.69) is 27.2 Å². The lowest BCUT2D eigenvalue weighted by Gasteiger charge is -2.01. The number of nitrogens with zero attached hydrogens (tertiary/aromatic N) is 3. The maximum absolute atomic E-state index is 14.3. The fourth-order valence-electron chi connectivity index (χ4n) is 3.20. The molecule has 0 atom stereocenters. The molecule has 0 aliphatic heterocycles. The van der Waals surface area contributed by atoms with E-state index in [9.17, 15) is 4.39 Å². The van der Waals surface area contributed by atoms with Gasteiger partial charge in [-0.1, -0.05) is 43.9 Å². The Morgan fingerprint density at radius 3 is 2.83 bits per heavy atom. The highest BCUT2D eigenvalue weighted by molar-refractivity contribution is 7.14. The van der Waals surface area contributed by atoms with Gasteiger partial charge >= 0.3 is 0 Å². The first-order chi connectivity index (χ1) is 14.2. The number of hydrogen-bond acceptors (Lipinski definition) is 6. The van der Waals surface area contributed by atoms with Crippen molar-refractivity contribution in [2.75, 3.05) is 5.32 Å². The van der Waals surface area contributed by atoms with Gasteiger partial charge in [0.15, 0.2) is 16.6 Å². The highest BCUT2D eigenvalue weighted by atomic mass is 32.1. The Morgan fingerprint density at radius 1 is 1.10 bits per heavy atom. The second-order valence-electron chi connectivity index (χ2n) is 6.96. The number of rotatable bonds is 9. The van der Waals surface area contributed by atoms with Gasteiger partial charge in [-0.25, -0.2) is 9.97 Å². The van der Waals surface area contributed by atoms with E-state index in [0.717, 1.165) is 46.9 Å². The first-order valence-corrected chi connectivity index (χ1v) is 10.8. The third kappa shape index (κ3) is 4.79. The molecule has 7 heteroatoms. The minimum atomic E-state index is -0.339. The summed E-state index contributed by atoms with van der Waals surface area (Å²) >= 11 is 0.972. The number of halogens is 1. The molecule has 150 valence electrons. The molecule has 0 aliphatic rings.